The predicted molar refractivity (Wildman–Crippen MR) is 127 cm³/mol. The molecule has 1 atom stereocenters. The summed E-state index contributed by atoms with van der Waals surface area (Å²) in [5.41, 5.74) is 5.40. The molecule has 0 spiro atoms. The van der Waals surface area contributed by atoms with Crippen LogP contribution in [0.25, 0.3) is 0 Å². The second-order valence-electron chi connectivity index (χ2n) is 8.79. The van der Waals surface area contributed by atoms with E-state index in [-0.39, 0.29) is 5.82 Å². The molecule has 0 aromatic heterocycles. The molecule has 0 amide bonds. The lowest BCUT2D eigenvalue weighted by atomic mass is 9.81. The Balaban J connectivity index is 1.37. The van der Waals surface area contributed by atoms with Crippen molar-refractivity contribution in [1.82, 2.24) is 4.90 Å². The lowest BCUT2D eigenvalue weighted by Crippen LogP contribution is -2.32. The van der Waals surface area contributed by atoms with Gasteiger partial charge in [0.05, 0.1) is 23.9 Å². The third-order valence-electron chi connectivity index (χ3n) is 6.78. The van der Waals surface area contributed by atoms with Crippen LogP contribution in [0.1, 0.15) is 47.1 Å². The van der Waals surface area contributed by atoms with E-state index in [2.05, 4.69) is 36.2 Å². The van der Waals surface area contributed by atoms with Crippen LogP contribution in [0, 0.1) is 17.1 Å². The minimum absolute atomic E-state index is 0.262. The molecule has 5 heteroatoms. The molecule has 4 nitrogen and oxygen atoms in total. The average Bonchev–Trinajstić information content (AvgIpc) is 3.22. The molecule has 2 aliphatic heterocycles. The zero-order valence-corrected chi connectivity index (χ0v) is 18.7. The molecule has 2 heterocycles. The molecule has 5 rings (SSSR count). The molecule has 0 radical (unpaired) electrons. The van der Waals surface area contributed by atoms with Crippen molar-refractivity contribution in [3.63, 3.8) is 0 Å². The van der Waals surface area contributed by atoms with Crippen molar-refractivity contribution in [1.29, 1.82) is 5.26 Å². The van der Waals surface area contributed by atoms with Crippen molar-refractivity contribution in [2.75, 3.05) is 13.6 Å². The first-order valence-corrected chi connectivity index (χ1v) is 11.4. The maximum absolute atomic E-state index is 13.7. The number of amidine groups is 1. The number of hydrogen-bond donors (Lipinski definition) is 0. The zero-order chi connectivity index (χ0) is 22.8. The monoisotopic (exact) mass is 439 g/mol. The van der Waals surface area contributed by atoms with Gasteiger partial charge in [-0.15, -0.1) is 0 Å². The highest BCUT2D eigenvalue weighted by Gasteiger charge is 2.41. The van der Waals surface area contributed by atoms with Crippen molar-refractivity contribution < 1.29 is 9.13 Å². The van der Waals surface area contributed by atoms with Gasteiger partial charge >= 0.3 is 0 Å². The van der Waals surface area contributed by atoms with Crippen molar-refractivity contribution in [3.05, 3.63) is 100 Å². The number of rotatable bonds is 5. The fraction of sp³-hybridized carbons (Fsp3) is 0.286. The molecule has 3 aromatic rings. The molecule has 0 saturated heterocycles. The van der Waals surface area contributed by atoms with Crippen LogP contribution in [-0.4, -0.2) is 24.3 Å². The van der Waals surface area contributed by atoms with Crippen LogP contribution in [0.15, 0.2) is 71.7 Å². The summed E-state index contributed by atoms with van der Waals surface area (Å²) < 4.78 is 20.1. The smallest absolute Gasteiger partial charge is 0.123 e. The van der Waals surface area contributed by atoms with E-state index >= 15 is 0 Å². The second-order valence-corrected chi connectivity index (χ2v) is 8.79. The van der Waals surface area contributed by atoms with E-state index in [1.54, 1.807) is 0 Å². The largest absolute Gasteiger partial charge is 0.363 e. The Kier molecular flexibility index (Phi) is 5.70. The number of aliphatic imine (C=N–C) groups is 1. The van der Waals surface area contributed by atoms with E-state index in [1.165, 1.54) is 17.7 Å². The minimum atomic E-state index is -0.640. The number of aryl methyl sites for hydroxylation is 1. The number of nitrogens with zero attached hydrogens (tertiary/aromatic N) is 3. The molecular weight excluding hydrogens is 413 g/mol. The Morgan fingerprint density at radius 3 is 2.70 bits per heavy atom. The highest BCUT2D eigenvalue weighted by molar-refractivity contribution is 5.87. The average molecular weight is 440 g/mol. The van der Waals surface area contributed by atoms with Gasteiger partial charge in [-0.25, -0.2) is 9.38 Å². The molecule has 2 aliphatic rings. The molecule has 0 aliphatic carbocycles. The van der Waals surface area contributed by atoms with Crippen molar-refractivity contribution in [2.24, 2.45) is 4.99 Å². The second kappa shape index (κ2) is 8.80. The fourth-order valence-corrected chi connectivity index (χ4v) is 5.01. The lowest BCUT2D eigenvalue weighted by Gasteiger charge is -2.32. The first-order valence-electron chi connectivity index (χ1n) is 11.4. The van der Waals surface area contributed by atoms with Gasteiger partial charge < -0.3 is 9.64 Å². The van der Waals surface area contributed by atoms with Gasteiger partial charge in [0.1, 0.15) is 17.3 Å². The summed E-state index contributed by atoms with van der Waals surface area (Å²) in [4.78, 5) is 7.11. The van der Waals surface area contributed by atoms with Crippen LogP contribution in [0.5, 0.6) is 0 Å². The van der Waals surface area contributed by atoms with Crippen molar-refractivity contribution in [2.45, 2.75) is 37.9 Å². The van der Waals surface area contributed by atoms with E-state index in [0.29, 0.717) is 12.2 Å². The molecule has 3 aromatic carbocycles. The summed E-state index contributed by atoms with van der Waals surface area (Å²) in [6.07, 6.45) is 3.59. The Hall–Kier alpha value is -3.49. The van der Waals surface area contributed by atoms with E-state index in [9.17, 15) is 9.65 Å². The van der Waals surface area contributed by atoms with Gasteiger partial charge in [0.25, 0.3) is 0 Å². The quantitative estimate of drug-likeness (QED) is 0.500. The number of benzene rings is 3. The Morgan fingerprint density at radius 1 is 1.06 bits per heavy atom. The minimum Gasteiger partial charge on any atom is -0.363 e. The van der Waals surface area contributed by atoms with Crippen LogP contribution < -0.4 is 0 Å². The summed E-state index contributed by atoms with van der Waals surface area (Å²) >= 11 is 0. The van der Waals surface area contributed by atoms with E-state index in [1.807, 2.05) is 36.4 Å². The normalized spacial score (nSPS) is 18.8. The van der Waals surface area contributed by atoms with Crippen LogP contribution in [0.2, 0.25) is 0 Å². The number of hydrogen-bond acceptors (Lipinski definition) is 4. The topological polar surface area (TPSA) is 48.6 Å². The summed E-state index contributed by atoms with van der Waals surface area (Å²) in [6.45, 7) is 1.29. The molecule has 33 heavy (non-hydrogen) atoms. The maximum Gasteiger partial charge on any atom is 0.123 e. The van der Waals surface area contributed by atoms with Crippen LogP contribution >= 0.6 is 0 Å². The Bertz CT molecular complexity index is 1240. The molecule has 0 bridgehead atoms. The van der Waals surface area contributed by atoms with E-state index < -0.39 is 5.60 Å². The van der Waals surface area contributed by atoms with Gasteiger partial charge in [0.2, 0.25) is 0 Å². The number of halogens is 1. The van der Waals surface area contributed by atoms with Crippen LogP contribution in [0.4, 0.5) is 10.1 Å². The first kappa shape index (κ1) is 21.4. The molecule has 0 saturated carbocycles. The van der Waals surface area contributed by atoms with Crippen molar-refractivity contribution >= 4 is 11.5 Å². The zero-order valence-electron chi connectivity index (χ0n) is 18.7. The number of nitriles is 1. The van der Waals surface area contributed by atoms with Crippen LogP contribution in [0.3, 0.4) is 0 Å². The van der Waals surface area contributed by atoms with Gasteiger partial charge in [-0.1, -0.05) is 36.4 Å². The van der Waals surface area contributed by atoms with E-state index in [0.717, 1.165) is 60.4 Å². The highest BCUT2D eigenvalue weighted by Crippen LogP contribution is 2.45. The van der Waals surface area contributed by atoms with Gasteiger partial charge in [-0.2, -0.15) is 5.26 Å². The van der Waals surface area contributed by atoms with Crippen molar-refractivity contribution in [3.8, 4) is 6.07 Å². The third kappa shape index (κ3) is 4.03. The summed E-state index contributed by atoms with van der Waals surface area (Å²) in [7, 11) is 2.10. The molecular formula is C28H26FN3O. The number of ether oxygens (including phenoxy) is 1. The maximum atomic E-state index is 13.7. The molecule has 0 fully saturated rings. The van der Waals surface area contributed by atoms with Gasteiger partial charge in [0, 0.05) is 20.0 Å². The van der Waals surface area contributed by atoms with Gasteiger partial charge in [-0.3, -0.25) is 0 Å². The molecule has 166 valence electrons. The molecule has 0 N–H and O–H groups in total. The molecule has 1 unspecified atom stereocenters. The highest BCUT2D eigenvalue weighted by atomic mass is 19.1. The SMILES string of the molecule is CN(CCCC1(c2ccc(F)cc2)OCc2cc(C#N)ccc21)C1=Nc2ccccc2CC1. The summed E-state index contributed by atoms with van der Waals surface area (Å²) in [6, 6.07) is 22.9. The Morgan fingerprint density at radius 2 is 1.88 bits per heavy atom. The van der Waals surface area contributed by atoms with Gasteiger partial charge in [-0.05, 0) is 71.8 Å². The van der Waals surface area contributed by atoms with Gasteiger partial charge in [0.15, 0.2) is 0 Å². The van der Waals surface area contributed by atoms with Crippen LogP contribution in [-0.2, 0) is 23.4 Å². The lowest BCUT2D eigenvalue weighted by molar-refractivity contribution is -0.0136. The number of fused-ring (bicyclic) bond motifs is 2. The first-order chi connectivity index (χ1) is 16.1. The third-order valence-corrected chi connectivity index (χ3v) is 6.78. The Labute approximate surface area is 194 Å². The fourth-order valence-electron chi connectivity index (χ4n) is 5.01. The van der Waals surface area contributed by atoms with E-state index in [4.69, 9.17) is 9.73 Å². The standard InChI is InChI=1S/C28H26FN3O/c1-32(27-14-8-21-5-2-3-6-26(21)31-27)16-4-15-28(23-9-11-24(29)12-10-23)25-13-7-20(18-30)17-22(25)19-33-28/h2-3,5-7,9-13,17H,4,8,14-16,19H2,1H3. The number of para-hydroxylation sites is 1. The summed E-state index contributed by atoms with van der Waals surface area (Å²) in [5.74, 6) is 0.846. The summed E-state index contributed by atoms with van der Waals surface area (Å²) in [5, 5.41) is 9.28. The predicted octanol–water partition coefficient (Wildman–Crippen LogP) is 5.86.